The number of carbonyl (C=O) groups is 2. The Labute approximate surface area is 169 Å². The van der Waals surface area contributed by atoms with Gasteiger partial charge in [0.15, 0.2) is 0 Å². The minimum absolute atomic E-state index is 0.00648. The molecule has 2 amide bonds. The van der Waals surface area contributed by atoms with Gasteiger partial charge in [0.05, 0.1) is 27.1 Å². The van der Waals surface area contributed by atoms with Crippen molar-refractivity contribution >= 4 is 58.3 Å². The third-order valence-electron chi connectivity index (χ3n) is 3.22. The Hall–Kier alpha value is -1.77. The monoisotopic (exact) mass is 430 g/mol. The number of carbonyl (C=O) groups excluding carboxylic acids is 2. The maximum absolute atomic E-state index is 12.7. The van der Waals surface area contributed by atoms with Crippen LogP contribution < -0.4 is 10.6 Å². The SMILES string of the molecule is Cc1cccc(NC(=O)CSCC(=O)Nc2cccc(Cl)c2SC(F)F)c1. The van der Waals surface area contributed by atoms with E-state index in [-0.39, 0.29) is 44.8 Å². The van der Waals surface area contributed by atoms with Crippen LogP contribution in [0.1, 0.15) is 5.56 Å². The predicted molar refractivity (Wildman–Crippen MR) is 109 cm³/mol. The van der Waals surface area contributed by atoms with E-state index in [1.54, 1.807) is 12.1 Å². The second kappa shape index (κ2) is 10.5. The molecule has 2 rings (SSSR count). The molecular formula is C18H17ClF2N2O2S2. The van der Waals surface area contributed by atoms with Crippen molar-refractivity contribution < 1.29 is 18.4 Å². The number of aryl methyl sites for hydroxylation is 1. The first-order chi connectivity index (χ1) is 12.8. The van der Waals surface area contributed by atoms with Crippen LogP contribution in [0.2, 0.25) is 5.02 Å². The van der Waals surface area contributed by atoms with Crippen LogP contribution in [-0.2, 0) is 9.59 Å². The molecule has 0 radical (unpaired) electrons. The van der Waals surface area contributed by atoms with Crippen LogP contribution in [0.4, 0.5) is 20.2 Å². The fraction of sp³-hybridized carbons (Fsp3) is 0.222. The molecule has 2 N–H and O–H groups in total. The second-order valence-corrected chi connectivity index (χ2v) is 7.85. The average molecular weight is 431 g/mol. The zero-order valence-electron chi connectivity index (χ0n) is 14.3. The molecule has 144 valence electrons. The molecule has 4 nitrogen and oxygen atoms in total. The topological polar surface area (TPSA) is 58.2 Å². The Kier molecular flexibility index (Phi) is 8.40. The van der Waals surface area contributed by atoms with Gasteiger partial charge in [-0.1, -0.05) is 41.6 Å². The van der Waals surface area contributed by atoms with Gasteiger partial charge in [-0.15, -0.1) is 11.8 Å². The molecule has 2 aromatic carbocycles. The predicted octanol–water partition coefficient (Wildman–Crippen LogP) is 5.27. The van der Waals surface area contributed by atoms with Crippen molar-refractivity contribution in [3.63, 3.8) is 0 Å². The molecule has 0 unspecified atom stereocenters. The Morgan fingerprint density at radius 2 is 1.74 bits per heavy atom. The van der Waals surface area contributed by atoms with Crippen LogP contribution in [0.3, 0.4) is 0 Å². The largest absolute Gasteiger partial charge is 0.325 e. The van der Waals surface area contributed by atoms with Crippen LogP contribution >= 0.6 is 35.1 Å². The molecule has 0 heterocycles. The van der Waals surface area contributed by atoms with Gasteiger partial charge in [0.1, 0.15) is 0 Å². The fourth-order valence-electron chi connectivity index (χ4n) is 2.16. The minimum Gasteiger partial charge on any atom is -0.325 e. The van der Waals surface area contributed by atoms with E-state index in [9.17, 15) is 18.4 Å². The summed E-state index contributed by atoms with van der Waals surface area (Å²) in [6.45, 7) is 1.92. The van der Waals surface area contributed by atoms with E-state index in [1.165, 1.54) is 12.1 Å². The lowest BCUT2D eigenvalue weighted by atomic mass is 10.2. The highest BCUT2D eigenvalue weighted by Gasteiger charge is 2.15. The molecule has 0 saturated heterocycles. The molecular weight excluding hydrogens is 414 g/mol. The Balaban J connectivity index is 1.83. The van der Waals surface area contributed by atoms with Crippen molar-refractivity contribution in [2.45, 2.75) is 17.6 Å². The van der Waals surface area contributed by atoms with Gasteiger partial charge in [-0.2, -0.15) is 8.78 Å². The maximum atomic E-state index is 12.7. The number of rotatable bonds is 8. The number of hydrogen-bond donors (Lipinski definition) is 2. The first-order valence-corrected chi connectivity index (χ1v) is 10.2. The van der Waals surface area contributed by atoms with Crippen molar-refractivity contribution in [1.29, 1.82) is 0 Å². The molecule has 0 aromatic heterocycles. The van der Waals surface area contributed by atoms with Crippen LogP contribution in [0.25, 0.3) is 0 Å². The van der Waals surface area contributed by atoms with Crippen LogP contribution in [0.5, 0.6) is 0 Å². The zero-order chi connectivity index (χ0) is 19.8. The smallest absolute Gasteiger partial charge is 0.289 e. The van der Waals surface area contributed by atoms with Gasteiger partial charge >= 0.3 is 0 Å². The zero-order valence-corrected chi connectivity index (χ0v) is 16.7. The van der Waals surface area contributed by atoms with Gasteiger partial charge in [-0.05, 0) is 36.8 Å². The summed E-state index contributed by atoms with van der Waals surface area (Å²) >= 11 is 7.33. The molecule has 0 aliphatic heterocycles. The van der Waals surface area contributed by atoms with Gasteiger partial charge < -0.3 is 10.6 Å². The normalized spacial score (nSPS) is 10.7. The second-order valence-electron chi connectivity index (χ2n) is 5.45. The van der Waals surface area contributed by atoms with E-state index in [0.717, 1.165) is 17.3 Å². The van der Waals surface area contributed by atoms with Crippen LogP contribution in [0.15, 0.2) is 47.4 Å². The lowest BCUT2D eigenvalue weighted by Gasteiger charge is -2.12. The van der Waals surface area contributed by atoms with E-state index in [4.69, 9.17) is 11.6 Å². The van der Waals surface area contributed by atoms with Crippen molar-refractivity contribution in [2.75, 3.05) is 22.1 Å². The molecule has 0 atom stereocenters. The van der Waals surface area contributed by atoms with E-state index in [1.807, 2.05) is 25.1 Å². The van der Waals surface area contributed by atoms with Gasteiger partial charge in [-0.3, -0.25) is 9.59 Å². The van der Waals surface area contributed by atoms with E-state index in [0.29, 0.717) is 5.69 Å². The van der Waals surface area contributed by atoms with Crippen LogP contribution in [0, 0.1) is 6.92 Å². The standard InChI is InChI=1S/C18H17ClF2N2O2S2/c1-11-4-2-5-12(8-11)22-15(24)9-26-10-16(25)23-14-7-3-6-13(19)17(14)27-18(20)21/h2-8,18H,9-10H2,1H3,(H,22,24)(H,23,25). The lowest BCUT2D eigenvalue weighted by molar-refractivity contribution is -0.114. The molecule has 0 spiro atoms. The van der Waals surface area contributed by atoms with Gasteiger partial charge in [0.25, 0.3) is 5.76 Å². The van der Waals surface area contributed by atoms with Crippen molar-refractivity contribution in [3.05, 3.63) is 53.1 Å². The average Bonchev–Trinajstić information content (AvgIpc) is 2.57. The minimum atomic E-state index is -2.65. The maximum Gasteiger partial charge on any atom is 0.289 e. The summed E-state index contributed by atoms with van der Waals surface area (Å²) < 4.78 is 25.3. The quantitative estimate of drug-likeness (QED) is 0.560. The summed E-state index contributed by atoms with van der Waals surface area (Å²) in [5.41, 5.74) is 1.94. The third-order valence-corrected chi connectivity index (χ3v) is 5.43. The van der Waals surface area contributed by atoms with Crippen molar-refractivity contribution in [1.82, 2.24) is 0 Å². The first-order valence-electron chi connectivity index (χ1n) is 7.82. The van der Waals surface area contributed by atoms with Gasteiger partial charge in [-0.25, -0.2) is 0 Å². The third kappa shape index (κ3) is 7.40. The van der Waals surface area contributed by atoms with E-state index >= 15 is 0 Å². The summed E-state index contributed by atoms with van der Waals surface area (Å²) in [6, 6.07) is 11.9. The number of halogens is 3. The molecule has 0 bridgehead atoms. The molecule has 0 fully saturated rings. The highest BCUT2D eigenvalue weighted by atomic mass is 35.5. The number of benzene rings is 2. The summed E-state index contributed by atoms with van der Waals surface area (Å²) in [5.74, 6) is -3.18. The Bertz CT molecular complexity index is 822. The summed E-state index contributed by atoms with van der Waals surface area (Å²) in [6.07, 6.45) is 0. The summed E-state index contributed by atoms with van der Waals surface area (Å²) in [4.78, 5) is 24.1. The van der Waals surface area contributed by atoms with Gasteiger partial charge in [0, 0.05) is 5.69 Å². The fourth-order valence-corrected chi connectivity index (χ4v) is 3.69. The molecule has 9 heteroatoms. The lowest BCUT2D eigenvalue weighted by Crippen LogP contribution is -2.18. The molecule has 0 aliphatic rings. The number of amides is 2. The number of nitrogens with one attached hydrogen (secondary N) is 2. The molecule has 0 saturated carbocycles. The van der Waals surface area contributed by atoms with Gasteiger partial charge in [0.2, 0.25) is 11.8 Å². The number of hydrogen-bond acceptors (Lipinski definition) is 4. The highest BCUT2D eigenvalue weighted by Crippen LogP contribution is 2.37. The van der Waals surface area contributed by atoms with E-state index < -0.39 is 11.7 Å². The van der Waals surface area contributed by atoms with Crippen molar-refractivity contribution in [2.24, 2.45) is 0 Å². The number of thioether (sulfide) groups is 2. The highest BCUT2D eigenvalue weighted by molar-refractivity contribution is 8.00. The van der Waals surface area contributed by atoms with Crippen LogP contribution in [-0.4, -0.2) is 29.1 Å². The number of anilines is 2. The summed E-state index contributed by atoms with van der Waals surface area (Å²) in [7, 11) is 0. The van der Waals surface area contributed by atoms with Crippen molar-refractivity contribution in [3.8, 4) is 0 Å². The summed E-state index contributed by atoms with van der Waals surface area (Å²) in [5, 5.41) is 5.45. The molecule has 27 heavy (non-hydrogen) atoms. The molecule has 0 aliphatic carbocycles. The first kappa shape index (κ1) is 21.5. The molecule has 2 aromatic rings. The number of alkyl halides is 2. The Morgan fingerprint density at radius 3 is 2.41 bits per heavy atom. The Morgan fingerprint density at radius 1 is 1.07 bits per heavy atom. The van der Waals surface area contributed by atoms with E-state index in [2.05, 4.69) is 10.6 Å².